The molecule has 1 rings (SSSR count). The first-order valence-electron chi connectivity index (χ1n) is 7.29. The van der Waals surface area contributed by atoms with E-state index in [-0.39, 0.29) is 11.9 Å². The van der Waals surface area contributed by atoms with Crippen molar-refractivity contribution in [2.45, 2.75) is 33.1 Å². The number of nitrogens with two attached hydrogens (primary N) is 1. The maximum Gasteiger partial charge on any atom is 0.309 e. The summed E-state index contributed by atoms with van der Waals surface area (Å²) in [6, 6.07) is 7.82. The number of rotatable bonds is 9. The van der Waals surface area contributed by atoms with Crippen LogP contribution >= 0.6 is 0 Å². The Kier molecular flexibility index (Phi) is 7.73. The van der Waals surface area contributed by atoms with E-state index in [1.165, 1.54) is 0 Å². The second kappa shape index (κ2) is 9.37. The van der Waals surface area contributed by atoms with Crippen LogP contribution in [-0.2, 0) is 16.0 Å². The summed E-state index contributed by atoms with van der Waals surface area (Å²) < 4.78 is 10.6. The summed E-state index contributed by atoms with van der Waals surface area (Å²) in [6.07, 6.45) is 2.54. The average molecular weight is 279 g/mol. The summed E-state index contributed by atoms with van der Waals surface area (Å²) in [6.45, 7) is 5.37. The van der Waals surface area contributed by atoms with Crippen LogP contribution in [-0.4, -0.2) is 25.7 Å². The minimum Gasteiger partial charge on any atom is -0.492 e. The van der Waals surface area contributed by atoms with Crippen LogP contribution in [0.4, 0.5) is 0 Å². The van der Waals surface area contributed by atoms with Crippen molar-refractivity contribution in [2.75, 3.05) is 19.8 Å². The number of carbonyl (C=O) groups excluding carboxylic acids is 1. The highest BCUT2D eigenvalue weighted by Crippen LogP contribution is 2.19. The Hall–Kier alpha value is -1.55. The summed E-state index contributed by atoms with van der Waals surface area (Å²) in [7, 11) is 0. The third-order valence-corrected chi connectivity index (χ3v) is 3.05. The SMILES string of the molecule is CCCC(Cc1ccc(OCCN)cc1)C(=O)OCC. The van der Waals surface area contributed by atoms with Gasteiger partial charge in [-0.05, 0) is 37.5 Å². The first kappa shape index (κ1) is 16.5. The van der Waals surface area contributed by atoms with E-state index >= 15 is 0 Å². The molecule has 0 aromatic heterocycles. The van der Waals surface area contributed by atoms with Crippen LogP contribution in [0.3, 0.4) is 0 Å². The van der Waals surface area contributed by atoms with E-state index in [0.29, 0.717) is 26.2 Å². The van der Waals surface area contributed by atoms with Crippen LogP contribution < -0.4 is 10.5 Å². The highest BCUT2D eigenvalue weighted by molar-refractivity contribution is 5.72. The second-order valence-corrected chi connectivity index (χ2v) is 4.72. The van der Waals surface area contributed by atoms with E-state index < -0.39 is 0 Å². The fourth-order valence-electron chi connectivity index (χ4n) is 2.09. The van der Waals surface area contributed by atoms with Crippen LogP contribution in [0.1, 0.15) is 32.3 Å². The van der Waals surface area contributed by atoms with Gasteiger partial charge in [-0.2, -0.15) is 0 Å². The molecule has 1 atom stereocenters. The monoisotopic (exact) mass is 279 g/mol. The highest BCUT2D eigenvalue weighted by Gasteiger charge is 2.19. The van der Waals surface area contributed by atoms with Gasteiger partial charge in [0.1, 0.15) is 12.4 Å². The lowest BCUT2D eigenvalue weighted by Crippen LogP contribution is -2.20. The zero-order valence-corrected chi connectivity index (χ0v) is 12.4. The molecule has 20 heavy (non-hydrogen) atoms. The van der Waals surface area contributed by atoms with Gasteiger partial charge in [-0.15, -0.1) is 0 Å². The number of ether oxygens (including phenoxy) is 2. The average Bonchev–Trinajstić information content (AvgIpc) is 2.46. The molecule has 0 spiro atoms. The molecular weight excluding hydrogens is 254 g/mol. The van der Waals surface area contributed by atoms with E-state index in [9.17, 15) is 4.79 Å². The highest BCUT2D eigenvalue weighted by atomic mass is 16.5. The molecule has 0 bridgehead atoms. The number of hydrogen-bond acceptors (Lipinski definition) is 4. The molecule has 1 unspecified atom stereocenters. The lowest BCUT2D eigenvalue weighted by molar-refractivity contribution is -0.148. The molecule has 0 fully saturated rings. The Morgan fingerprint density at radius 2 is 1.95 bits per heavy atom. The fraction of sp³-hybridized carbons (Fsp3) is 0.562. The van der Waals surface area contributed by atoms with Gasteiger partial charge >= 0.3 is 5.97 Å². The Morgan fingerprint density at radius 3 is 2.50 bits per heavy atom. The zero-order chi connectivity index (χ0) is 14.8. The number of esters is 1. The summed E-state index contributed by atoms with van der Waals surface area (Å²) >= 11 is 0. The molecule has 0 aliphatic heterocycles. The molecule has 4 heteroatoms. The third kappa shape index (κ3) is 5.61. The van der Waals surface area contributed by atoms with Gasteiger partial charge < -0.3 is 15.2 Å². The predicted octanol–water partition coefficient (Wildman–Crippen LogP) is 2.55. The van der Waals surface area contributed by atoms with E-state index in [4.69, 9.17) is 15.2 Å². The van der Waals surface area contributed by atoms with Gasteiger partial charge in [-0.1, -0.05) is 25.5 Å². The molecule has 2 N–H and O–H groups in total. The van der Waals surface area contributed by atoms with Crippen LogP contribution in [0, 0.1) is 5.92 Å². The van der Waals surface area contributed by atoms with E-state index in [2.05, 4.69) is 6.92 Å². The first-order chi connectivity index (χ1) is 9.71. The number of carbonyl (C=O) groups is 1. The van der Waals surface area contributed by atoms with Crippen LogP contribution in [0.15, 0.2) is 24.3 Å². The number of benzene rings is 1. The molecule has 4 nitrogen and oxygen atoms in total. The maximum absolute atomic E-state index is 11.9. The van der Waals surface area contributed by atoms with Crippen molar-refractivity contribution in [1.29, 1.82) is 0 Å². The molecule has 0 aliphatic carbocycles. The second-order valence-electron chi connectivity index (χ2n) is 4.72. The van der Waals surface area contributed by atoms with Gasteiger partial charge in [-0.3, -0.25) is 4.79 Å². The Labute approximate surface area is 121 Å². The molecule has 0 saturated heterocycles. The number of hydrogen-bond donors (Lipinski definition) is 1. The van der Waals surface area contributed by atoms with Gasteiger partial charge in [0.05, 0.1) is 12.5 Å². The van der Waals surface area contributed by atoms with Crippen molar-refractivity contribution in [3.05, 3.63) is 29.8 Å². The van der Waals surface area contributed by atoms with Crippen molar-refractivity contribution in [3.63, 3.8) is 0 Å². The molecule has 0 radical (unpaired) electrons. The van der Waals surface area contributed by atoms with Crippen molar-refractivity contribution < 1.29 is 14.3 Å². The van der Waals surface area contributed by atoms with Crippen LogP contribution in [0.25, 0.3) is 0 Å². The zero-order valence-electron chi connectivity index (χ0n) is 12.4. The Bertz CT molecular complexity index is 389. The van der Waals surface area contributed by atoms with Crippen molar-refractivity contribution in [1.82, 2.24) is 0 Å². The smallest absolute Gasteiger partial charge is 0.309 e. The lowest BCUT2D eigenvalue weighted by Gasteiger charge is -2.15. The molecule has 1 aromatic rings. The van der Waals surface area contributed by atoms with Crippen LogP contribution in [0.2, 0.25) is 0 Å². The van der Waals surface area contributed by atoms with Crippen molar-refractivity contribution in [2.24, 2.45) is 11.7 Å². The molecule has 0 amide bonds. The molecule has 112 valence electrons. The Balaban J connectivity index is 2.61. The summed E-state index contributed by atoms with van der Waals surface area (Å²) in [4.78, 5) is 11.9. The first-order valence-corrected chi connectivity index (χ1v) is 7.29. The summed E-state index contributed by atoms with van der Waals surface area (Å²) in [5.74, 6) is 0.649. The minimum absolute atomic E-state index is 0.0595. The van der Waals surface area contributed by atoms with Gasteiger partial charge in [-0.25, -0.2) is 0 Å². The maximum atomic E-state index is 11.9. The summed E-state index contributed by atoms with van der Waals surface area (Å²) in [5, 5.41) is 0. The van der Waals surface area contributed by atoms with E-state index in [1.54, 1.807) is 0 Å². The van der Waals surface area contributed by atoms with Crippen LogP contribution in [0.5, 0.6) is 5.75 Å². The molecular formula is C16H25NO3. The molecule has 0 saturated carbocycles. The predicted molar refractivity (Wildman–Crippen MR) is 79.7 cm³/mol. The molecule has 0 heterocycles. The van der Waals surface area contributed by atoms with Gasteiger partial charge in [0.25, 0.3) is 0 Å². The third-order valence-electron chi connectivity index (χ3n) is 3.05. The molecule has 0 aliphatic rings. The van der Waals surface area contributed by atoms with Crippen molar-refractivity contribution >= 4 is 5.97 Å². The topological polar surface area (TPSA) is 61.5 Å². The quantitative estimate of drug-likeness (QED) is 0.706. The molecule has 1 aromatic carbocycles. The van der Waals surface area contributed by atoms with E-state index in [1.807, 2.05) is 31.2 Å². The Morgan fingerprint density at radius 1 is 1.25 bits per heavy atom. The van der Waals surface area contributed by atoms with Gasteiger partial charge in [0.2, 0.25) is 0 Å². The van der Waals surface area contributed by atoms with Crippen molar-refractivity contribution in [3.8, 4) is 5.75 Å². The fourth-order valence-corrected chi connectivity index (χ4v) is 2.09. The van der Waals surface area contributed by atoms with Gasteiger partial charge in [0.15, 0.2) is 0 Å². The van der Waals surface area contributed by atoms with Gasteiger partial charge in [0, 0.05) is 6.54 Å². The largest absolute Gasteiger partial charge is 0.492 e. The lowest BCUT2D eigenvalue weighted by atomic mass is 9.95. The van der Waals surface area contributed by atoms with E-state index in [0.717, 1.165) is 24.2 Å². The minimum atomic E-state index is -0.0993. The summed E-state index contributed by atoms with van der Waals surface area (Å²) in [5.41, 5.74) is 6.51. The normalized spacial score (nSPS) is 11.9. The standard InChI is InChI=1S/C16H25NO3/c1-3-5-14(16(18)19-4-2)12-13-6-8-15(9-7-13)20-11-10-17/h6-9,14H,3-5,10-12,17H2,1-2H3.